The number of nitrogens with zero attached hydrogens (tertiary/aromatic N) is 1. The standard InChI is InChI=1S/C14H20F4N2.ClH/c1-13(2,8-19)9-20(3)7-10-4-5-11(15)6-12(10)14(16,17)18;/h4-6H,7-9,19H2,1-3H3;1H. The SMILES string of the molecule is CN(Cc1ccc(F)cc1C(F)(F)F)CC(C)(C)CN.Cl. The third-order valence-electron chi connectivity index (χ3n) is 3.07. The minimum Gasteiger partial charge on any atom is -0.330 e. The molecule has 0 saturated heterocycles. The van der Waals surface area contributed by atoms with Gasteiger partial charge < -0.3 is 10.6 Å². The summed E-state index contributed by atoms with van der Waals surface area (Å²) in [7, 11) is 1.72. The van der Waals surface area contributed by atoms with Crippen LogP contribution in [0.2, 0.25) is 0 Å². The van der Waals surface area contributed by atoms with Crippen LogP contribution in [0.1, 0.15) is 25.0 Å². The zero-order chi connectivity index (χ0) is 15.6. The lowest BCUT2D eigenvalue weighted by Crippen LogP contribution is -2.36. The van der Waals surface area contributed by atoms with E-state index in [2.05, 4.69) is 0 Å². The van der Waals surface area contributed by atoms with Gasteiger partial charge in [-0.2, -0.15) is 13.2 Å². The molecular formula is C14H21ClF4N2. The molecule has 122 valence electrons. The Morgan fingerprint density at radius 3 is 2.24 bits per heavy atom. The first-order valence-electron chi connectivity index (χ1n) is 6.29. The predicted octanol–water partition coefficient (Wildman–Crippen LogP) is 3.68. The molecule has 0 amide bonds. The summed E-state index contributed by atoms with van der Waals surface area (Å²) in [5.41, 5.74) is 4.57. The van der Waals surface area contributed by atoms with Crippen molar-refractivity contribution in [1.82, 2.24) is 4.90 Å². The maximum Gasteiger partial charge on any atom is 0.416 e. The second-order valence-electron chi connectivity index (χ2n) is 5.84. The molecule has 0 aromatic heterocycles. The van der Waals surface area contributed by atoms with Crippen LogP contribution >= 0.6 is 12.4 Å². The summed E-state index contributed by atoms with van der Waals surface area (Å²) >= 11 is 0. The fraction of sp³-hybridized carbons (Fsp3) is 0.571. The Kier molecular flexibility index (Phi) is 7.12. The third-order valence-corrected chi connectivity index (χ3v) is 3.07. The summed E-state index contributed by atoms with van der Waals surface area (Å²) in [6, 6.07) is 2.77. The van der Waals surface area contributed by atoms with E-state index in [0.29, 0.717) is 19.2 Å². The minimum atomic E-state index is -4.55. The molecule has 0 aliphatic rings. The van der Waals surface area contributed by atoms with E-state index in [-0.39, 0.29) is 29.9 Å². The van der Waals surface area contributed by atoms with Gasteiger partial charge in [-0.05, 0) is 36.7 Å². The van der Waals surface area contributed by atoms with E-state index in [1.54, 1.807) is 11.9 Å². The molecule has 0 radical (unpaired) electrons. The van der Waals surface area contributed by atoms with Crippen LogP contribution in [-0.4, -0.2) is 25.0 Å². The second-order valence-corrected chi connectivity index (χ2v) is 5.84. The molecular weight excluding hydrogens is 308 g/mol. The normalized spacial score (nSPS) is 12.4. The van der Waals surface area contributed by atoms with Crippen LogP contribution in [0, 0.1) is 11.2 Å². The molecule has 7 heteroatoms. The highest BCUT2D eigenvalue weighted by Gasteiger charge is 2.34. The number of rotatable bonds is 5. The van der Waals surface area contributed by atoms with Crippen LogP contribution in [0.15, 0.2) is 18.2 Å². The highest BCUT2D eigenvalue weighted by molar-refractivity contribution is 5.85. The van der Waals surface area contributed by atoms with Gasteiger partial charge in [0.15, 0.2) is 0 Å². The molecule has 0 spiro atoms. The fourth-order valence-electron chi connectivity index (χ4n) is 2.09. The Labute approximate surface area is 128 Å². The Hall–Kier alpha value is -0.850. The average molecular weight is 329 g/mol. The van der Waals surface area contributed by atoms with E-state index < -0.39 is 17.6 Å². The Morgan fingerprint density at radius 2 is 1.76 bits per heavy atom. The van der Waals surface area contributed by atoms with Gasteiger partial charge in [-0.25, -0.2) is 4.39 Å². The maximum atomic E-state index is 13.0. The third kappa shape index (κ3) is 6.20. The summed E-state index contributed by atoms with van der Waals surface area (Å²) in [6.45, 7) is 4.97. The number of hydrogen-bond acceptors (Lipinski definition) is 2. The first-order valence-corrected chi connectivity index (χ1v) is 6.29. The molecule has 2 nitrogen and oxygen atoms in total. The molecule has 0 atom stereocenters. The number of nitrogens with two attached hydrogens (primary N) is 1. The van der Waals surface area contributed by atoms with Gasteiger partial charge in [0.2, 0.25) is 0 Å². The zero-order valence-corrected chi connectivity index (χ0v) is 13.1. The van der Waals surface area contributed by atoms with Gasteiger partial charge >= 0.3 is 6.18 Å². The minimum absolute atomic E-state index is 0. The smallest absolute Gasteiger partial charge is 0.330 e. The Balaban J connectivity index is 0.00000400. The Bertz CT molecular complexity index is 461. The molecule has 0 saturated carbocycles. The number of alkyl halides is 3. The van der Waals surface area contributed by atoms with Crippen molar-refractivity contribution < 1.29 is 17.6 Å². The van der Waals surface area contributed by atoms with Gasteiger partial charge in [0.25, 0.3) is 0 Å². The molecule has 0 aliphatic heterocycles. The first-order chi connectivity index (χ1) is 9.05. The molecule has 0 bridgehead atoms. The van der Waals surface area contributed by atoms with E-state index in [1.807, 2.05) is 13.8 Å². The van der Waals surface area contributed by atoms with Crippen molar-refractivity contribution >= 4 is 12.4 Å². The van der Waals surface area contributed by atoms with Crippen molar-refractivity contribution in [3.8, 4) is 0 Å². The topological polar surface area (TPSA) is 29.3 Å². The summed E-state index contributed by atoms with van der Waals surface area (Å²) < 4.78 is 51.6. The van der Waals surface area contributed by atoms with Crippen molar-refractivity contribution in [2.45, 2.75) is 26.6 Å². The van der Waals surface area contributed by atoms with Crippen LogP contribution in [0.25, 0.3) is 0 Å². The molecule has 0 unspecified atom stereocenters. The second kappa shape index (κ2) is 7.42. The monoisotopic (exact) mass is 328 g/mol. The lowest BCUT2D eigenvalue weighted by molar-refractivity contribution is -0.138. The van der Waals surface area contributed by atoms with Crippen LogP contribution in [-0.2, 0) is 12.7 Å². The molecule has 2 N–H and O–H groups in total. The summed E-state index contributed by atoms with van der Waals surface area (Å²) in [5, 5.41) is 0. The van der Waals surface area contributed by atoms with Gasteiger partial charge in [-0.3, -0.25) is 0 Å². The Morgan fingerprint density at radius 1 is 1.19 bits per heavy atom. The molecule has 0 aliphatic carbocycles. The van der Waals surface area contributed by atoms with Crippen molar-refractivity contribution in [3.63, 3.8) is 0 Å². The van der Waals surface area contributed by atoms with E-state index >= 15 is 0 Å². The molecule has 21 heavy (non-hydrogen) atoms. The van der Waals surface area contributed by atoms with Crippen molar-refractivity contribution in [2.75, 3.05) is 20.1 Å². The maximum absolute atomic E-state index is 13.0. The zero-order valence-electron chi connectivity index (χ0n) is 12.3. The number of hydrogen-bond donors (Lipinski definition) is 1. The number of benzene rings is 1. The summed E-state index contributed by atoms with van der Waals surface area (Å²) in [4.78, 5) is 1.76. The molecule has 0 fully saturated rings. The van der Waals surface area contributed by atoms with Gasteiger partial charge in [-0.1, -0.05) is 19.9 Å². The quantitative estimate of drug-likeness (QED) is 0.835. The largest absolute Gasteiger partial charge is 0.416 e. The molecule has 1 rings (SSSR count). The van der Waals surface area contributed by atoms with E-state index in [0.717, 1.165) is 6.07 Å². The van der Waals surface area contributed by atoms with Crippen molar-refractivity contribution in [1.29, 1.82) is 0 Å². The van der Waals surface area contributed by atoms with Crippen LogP contribution in [0.5, 0.6) is 0 Å². The van der Waals surface area contributed by atoms with Crippen LogP contribution in [0.4, 0.5) is 17.6 Å². The van der Waals surface area contributed by atoms with E-state index in [1.165, 1.54) is 6.07 Å². The average Bonchev–Trinajstić information content (AvgIpc) is 2.29. The van der Waals surface area contributed by atoms with Gasteiger partial charge in [-0.15, -0.1) is 12.4 Å². The van der Waals surface area contributed by atoms with Gasteiger partial charge in [0, 0.05) is 13.1 Å². The fourth-order valence-corrected chi connectivity index (χ4v) is 2.09. The van der Waals surface area contributed by atoms with E-state index in [9.17, 15) is 17.6 Å². The van der Waals surface area contributed by atoms with E-state index in [4.69, 9.17) is 5.73 Å². The van der Waals surface area contributed by atoms with Crippen LogP contribution in [0.3, 0.4) is 0 Å². The highest BCUT2D eigenvalue weighted by Crippen LogP contribution is 2.33. The lowest BCUT2D eigenvalue weighted by Gasteiger charge is -2.29. The molecule has 0 heterocycles. The highest BCUT2D eigenvalue weighted by atomic mass is 35.5. The summed E-state index contributed by atoms with van der Waals surface area (Å²) in [5.74, 6) is -0.883. The van der Waals surface area contributed by atoms with Crippen molar-refractivity contribution in [2.24, 2.45) is 11.1 Å². The molecule has 1 aromatic carbocycles. The van der Waals surface area contributed by atoms with Crippen molar-refractivity contribution in [3.05, 3.63) is 35.1 Å². The first kappa shape index (κ1) is 20.1. The predicted molar refractivity (Wildman–Crippen MR) is 77.8 cm³/mol. The van der Waals surface area contributed by atoms with Crippen LogP contribution < -0.4 is 5.73 Å². The molecule has 1 aromatic rings. The number of halogens is 5. The van der Waals surface area contributed by atoms with Gasteiger partial charge in [0.1, 0.15) is 5.82 Å². The summed E-state index contributed by atoms with van der Waals surface area (Å²) in [6.07, 6.45) is -4.55. The van der Waals surface area contributed by atoms with Gasteiger partial charge in [0.05, 0.1) is 5.56 Å². The lowest BCUT2D eigenvalue weighted by atomic mass is 9.93.